The summed E-state index contributed by atoms with van der Waals surface area (Å²) in [6.07, 6.45) is 0. The Hall–Kier alpha value is -2.08. The van der Waals surface area contributed by atoms with Crippen LogP contribution in [0.25, 0.3) is 0 Å². The molecule has 3 N–H and O–H groups in total. The minimum absolute atomic E-state index is 0.00281. The van der Waals surface area contributed by atoms with Crippen molar-refractivity contribution in [1.82, 2.24) is 19.5 Å². The number of hydrogen-bond acceptors (Lipinski definition) is 8. The molecule has 0 unspecified atom stereocenters. The minimum atomic E-state index is -4.04. The number of phenolic OH excluding ortho intramolecular Hbond substituents is 1. The number of amides is 1. The maximum Gasteiger partial charge on any atom is 0.280 e. The molecule has 1 saturated heterocycles. The van der Waals surface area contributed by atoms with Crippen LogP contribution in [-0.4, -0.2) is 65.1 Å². The smallest absolute Gasteiger partial charge is 0.280 e. The largest absolute Gasteiger partial charge is 0.505 e. The molecule has 13 heteroatoms. The number of nitrogen functional groups attached to an aromatic ring is 1. The predicted molar refractivity (Wildman–Crippen MR) is 91.5 cm³/mol. The van der Waals surface area contributed by atoms with Crippen molar-refractivity contribution >= 4 is 45.0 Å². The number of benzene rings is 1. The molecule has 0 bridgehead atoms. The number of piperazine rings is 1. The fourth-order valence-corrected chi connectivity index (χ4v) is 4.67. The average molecular weight is 422 g/mol. The Balaban J connectivity index is 1.77. The summed E-state index contributed by atoms with van der Waals surface area (Å²) < 4.78 is 31.0. The molecule has 0 atom stereocenters. The van der Waals surface area contributed by atoms with Crippen LogP contribution >= 0.6 is 23.2 Å². The van der Waals surface area contributed by atoms with Gasteiger partial charge in [0.25, 0.3) is 5.91 Å². The van der Waals surface area contributed by atoms with Crippen LogP contribution in [-0.2, 0) is 10.0 Å². The summed E-state index contributed by atoms with van der Waals surface area (Å²) >= 11 is 11.6. The second kappa shape index (κ2) is 6.91. The number of nitrogens with zero attached hydrogens (tertiary/aromatic N) is 4. The second-order valence-electron chi connectivity index (χ2n) is 5.43. The molecule has 0 spiro atoms. The first-order valence-corrected chi connectivity index (χ1v) is 9.47. The van der Waals surface area contributed by atoms with E-state index in [9.17, 15) is 18.3 Å². The Morgan fingerprint density at radius 1 is 1.19 bits per heavy atom. The molecule has 1 fully saturated rings. The Bertz CT molecular complexity index is 956. The molecule has 1 aromatic heterocycles. The molecule has 1 aromatic carbocycles. The first kappa shape index (κ1) is 18.7. The average Bonchev–Trinajstić information content (AvgIpc) is 3.03. The number of aromatic nitrogens is 2. The lowest BCUT2D eigenvalue weighted by Crippen LogP contribution is -2.50. The van der Waals surface area contributed by atoms with Crippen LogP contribution in [0.1, 0.15) is 10.5 Å². The number of carbonyl (C=O) groups excluding carboxylic acids is 1. The van der Waals surface area contributed by atoms with Crippen molar-refractivity contribution < 1.29 is 22.9 Å². The molecule has 0 aliphatic carbocycles. The molecule has 2 aromatic rings. The zero-order valence-corrected chi connectivity index (χ0v) is 15.4. The Kier molecular flexibility index (Phi) is 4.97. The first-order valence-electron chi connectivity index (χ1n) is 7.27. The normalized spacial score (nSPS) is 16.0. The second-order valence-corrected chi connectivity index (χ2v) is 8.18. The van der Waals surface area contributed by atoms with Crippen molar-refractivity contribution in [3.8, 4) is 5.75 Å². The molecular formula is C13H13Cl2N5O5S. The molecule has 1 aliphatic rings. The fraction of sp³-hybridized carbons (Fsp3) is 0.308. The maximum atomic E-state index is 12.8. The van der Waals surface area contributed by atoms with Crippen LogP contribution in [0.5, 0.6) is 5.75 Å². The van der Waals surface area contributed by atoms with Gasteiger partial charge in [-0.05, 0) is 22.4 Å². The predicted octanol–water partition coefficient (Wildman–Crippen LogP) is 0.811. The third kappa shape index (κ3) is 3.30. The summed E-state index contributed by atoms with van der Waals surface area (Å²) in [7, 11) is -4.04. The zero-order chi connectivity index (χ0) is 19.1. The van der Waals surface area contributed by atoms with E-state index in [2.05, 4.69) is 14.9 Å². The van der Waals surface area contributed by atoms with E-state index in [1.165, 1.54) is 11.0 Å². The van der Waals surface area contributed by atoms with Gasteiger partial charge in [-0.25, -0.2) is 13.0 Å². The maximum absolute atomic E-state index is 12.8. The molecule has 0 radical (unpaired) electrons. The van der Waals surface area contributed by atoms with Gasteiger partial charge in [0.05, 0.1) is 5.02 Å². The van der Waals surface area contributed by atoms with Gasteiger partial charge in [0.15, 0.2) is 5.75 Å². The highest BCUT2D eigenvalue weighted by Crippen LogP contribution is 2.35. The number of aromatic hydroxyl groups is 1. The van der Waals surface area contributed by atoms with E-state index in [4.69, 9.17) is 28.9 Å². The number of phenols is 1. The van der Waals surface area contributed by atoms with Crippen molar-refractivity contribution in [3.63, 3.8) is 0 Å². The van der Waals surface area contributed by atoms with Crippen molar-refractivity contribution in [3.05, 3.63) is 27.9 Å². The first-order chi connectivity index (χ1) is 12.2. The number of hydrogen-bond donors (Lipinski definition) is 2. The highest BCUT2D eigenvalue weighted by Gasteiger charge is 2.34. The molecule has 140 valence electrons. The van der Waals surface area contributed by atoms with Crippen molar-refractivity contribution in [2.24, 2.45) is 0 Å². The minimum Gasteiger partial charge on any atom is -0.505 e. The topological polar surface area (TPSA) is 143 Å². The van der Waals surface area contributed by atoms with Crippen LogP contribution in [0.4, 0.5) is 5.82 Å². The SMILES string of the molecule is Nc1nonc1C(=O)N1CCN(S(=O)(=O)c2cc(Cl)cc(Cl)c2O)CC1. The van der Waals surface area contributed by atoms with E-state index in [1.54, 1.807) is 0 Å². The van der Waals surface area contributed by atoms with Crippen molar-refractivity contribution in [2.75, 3.05) is 31.9 Å². The summed E-state index contributed by atoms with van der Waals surface area (Å²) in [6.45, 7) is 0.199. The summed E-state index contributed by atoms with van der Waals surface area (Å²) in [4.78, 5) is 13.3. The van der Waals surface area contributed by atoms with E-state index in [0.29, 0.717) is 0 Å². The van der Waals surface area contributed by atoms with Crippen LogP contribution in [0.3, 0.4) is 0 Å². The highest BCUT2D eigenvalue weighted by atomic mass is 35.5. The van der Waals surface area contributed by atoms with E-state index in [-0.39, 0.29) is 52.6 Å². The molecule has 2 heterocycles. The Morgan fingerprint density at radius 3 is 2.42 bits per heavy atom. The standard InChI is InChI=1S/C13H13Cl2N5O5S/c14-7-5-8(15)11(21)9(6-7)26(23,24)20-3-1-19(2-4-20)13(22)10-12(16)18-25-17-10/h5-6,21H,1-4H2,(H2,16,18). The summed E-state index contributed by atoms with van der Waals surface area (Å²) in [6, 6.07) is 2.36. The summed E-state index contributed by atoms with van der Waals surface area (Å²) in [5.74, 6) is -1.21. The molecular weight excluding hydrogens is 409 g/mol. The molecule has 10 nitrogen and oxygen atoms in total. The third-order valence-electron chi connectivity index (χ3n) is 3.85. The number of anilines is 1. The lowest BCUT2D eigenvalue weighted by Gasteiger charge is -2.33. The number of sulfonamides is 1. The van der Waals surface area contributed by atoms with Gasteiger partial charge in [-0.2, -0.15) is 4.31 Å². The number of nitrogens with two attached hydrogens (primary N) is 1. The van der Waals surface area contributed by atoms with Crippen LogP contribution < -0.4 is 5.73 Å². The van der Waals surface area contributed by atoms with Gasteiger partial charge in [0.1, 0.15) is 4.90 Å². The Morgan fingerprint density at radius 2 is 1.85 bits per heavy atom. The van der Waals surface area contributed by atoms with E-state index < -0.39 is 21.7 Å². The van der Waals surface area contributed by atoms with Gasteiger partial charge in [0.2, 0.25) is 21.5 Å². The van der Waals surface area contributed by atoms with E-state index in [0.717, 1.165) is 10.4 Å². The lowest BCUT2D eigenvalue weighted by atomic mass is 10.3. The monoisotopic (exact) mass is 421 g/mol. The lowest BCUT2D eigenvalue weighted by molar-refractivity contribution is 0.0687. The highest BCUT2D eigenvalue weighted by molar-refractivity contribution is 7.89. The van der Waals surface area contributed by atoms with Crippen molar-refractivity contribution in [1.29, 1.82) is 0 Å². The van der Waals surface area contributed by atoms with Gasteiger partial charge < -0.3 is 15.7 Å². The molecule has 1 amide bonds. The quantitative estimate of drug-likeness (QED) is 0.740. The zero-order valence-electron chi connectivity index (χ0n) is 13.1. The van der Waals surface area contributed by atoms with Crippen LogP contribution in [0.2, 0.25) is 10.0 Å². The van der Waals surface area contributed by atoms with E-state index in [1.807, 2.05) is 0 Å². The van der Waals surface area contributed by atoms with Gasteiger partial charge in [-0.1, -0.05) is 23.2 Å². The molecule has 1 aliphatic heterocycles. The molecule has 0 saturated carbocycles. The van der Waals surface area contributed by atoms with Crippen LogP contribution in [0, 0.1) is 0 Å². The fourth-order valence-electron chi connectivity index (χ4n) is 2.50. The van der Waals surface area contributed by atoms with E-state index >= 15 is 0 Å². The third-order valence-corrected chi connectivity index (χ3v) is 6.27. The van der Waals surface area contributed by atoms with Crippen LogP contribution in [0.15, 0.2) is 21.7 Å². The number of rotatable bonds is 3. The van der Waals surface area contributed by atoms with Gasteiger partial charge in [-0.15, -0.1) is 0 Å². The van der Waals surface area contributed by atoms with Gasteiger partial charge >= 0.3 is 0 Å². The Labute approximate surface area is 158 Å². The summed E-state index contributed by atoms with van der Waals surface area (Å²) in [5.41, 5.74) is 5.37. The van der Waals surface area contributed by atoms with Crippen molar-refractivity contribution in [2.45, 2.75) is 4.90 Å². The number of carbonyl (C=O) groups is 1. The summed E-state index contributed by atoms with van der Waals surface area (Å²) in [5, 5.41) is 16.7. The number of halogens is 2. The molecule has 26 heavy (non-hydrogen) atoms. The molecule has 3 rings (SSSR count). The van der Waals surface area contributed by atoms with Gasteiger partial charge in [0, 0.05) is 31.2 Å². The van der Waals surface area contributed by atoms with Gasteiger partial charge in [-0.3, -0.25) is 4.79 Å².